The van der Waals surface area contributed by atoms with Crippen LogP contribution in [0.1, 0.15) is 30.9 Å². The third-order valence-electron chi connectivity index (χ3n) is 4.44. The van der Waals surface area contributed by atoms with E-state index in [0.29, 0.717) is 6.01 Å². The number of methoxy groups -OCH3 is 1. The number of hydrogen-bond acceptors (Lipinski definition) is 5. The normalized spacial score (nSPS) is 16.1. The van der Waals surface area contributed by atoms with Crippen molar-refractivity contribution in [1.29, 1.82) is 0 Å². The molecule has 2 aromatic rings. The first-order chi connectivity index (χ1) is 11.8. The van der Waals surface area contributed by atoms with Crippen molar-refractivity contribution < 1.29 is 9.47 Å². The fraction of sp³-hybridized carbons (Fsp3) is 0.474. The second kappa shape index (κ2) is 8.11. The summed E-state index contributed by atoms with van der Waals surface area (Å²) in [5.41, 5.74) is 2.42. The van der Waals surface area contributed by atoms with E-state index in [9.17, 15) is 0 Å². The third kappa shape index (κ3) is 4.45. The highest BCUT2D eigenvalue weighted by molar-refractivity contribution is 5.28. The molecule has 0 saturated carbocycles. The van der Waals surface area contributed by atoms with Gasteiger partial charge in [-0.3, -0.25) is 4.90 Å². The first-order valence-electron chi connectivity index (χ1n) is 8.59. The Labute approximate surface area is 143 Å². The standard InChI is InChI=1S/C19H25N3O2/c1-3-15-12-20-19(21-13-15)24-17-7-9-22(10-8-17)14-16-5-4-6-18(11-16)23-2/h4-6,11-13,17H,3,7-10,14H2,1-2H3. The van der Waals surface area contributed by atoms with Crippen LogP contribution in [-0.2, 0) is 13.0 Å². The van der Waals surface area contributed by atoms with Gasteiger partial charge < -0.3 is 9.47 Å². The molecule has 1 fully saturated rings. The highest BCUT2D eigenvalue weighted by atomic mass is 16.5. The van der Waals surface area contributed by atoms with Crippen molar-refractivity contribution in [3.63, 3.8) is 0 Å². The summed E-state index contributed by atoms with van der Waals surface area (Å²) >= 11 is 0. The fourth-order valence-electron chi connectivity index (χ4n) is 2.95. The molecule has 0 spiro atoms. The van der Waals surface area contributed by atoms with Gasteiger partial charge in [0.15, 0.2) is 0 Å². The summed E-state index contributed by atoms with van der Waals surface area (Å²) in [4.78, 5) is 11.0. The summed E-state index contributed by atoms with van der Waals surface area (Å²) in [7, 11) is 1.71. The molecule has 0 unspecified atom stereocenters. The summed E-state index contributed by atoms with van der Waals surface area (Å²) in [6, 6.07) is 8.77. The smallest absolute Gasteiger partial charge is 0.316 e. The summed E-state index contributed by atoms with van der Waals surface area (Å²) in [6.07, 6.45) is 6.86. The molecular formula is C19H25N3O2. The van der Waals surface area contributed by atoms with Crippen LogP contribution in [-0.4, -0.2) is 41.2 Å². The van der Waals surface area contributed by atoms with Gasteiger partial charge in [-0.2, -0.15) is 0 Å². The van der Waals surface area contributed by atoms with Gasteiger partial charge >= 0.3 is 6.01 Å². The number of hydrogen-bond donors (Lipinski definition) is 0. The molecule has 1 saturated heterocycles. The predicted molar refractivity (Wildman–Crippen MR) is 93.3 cm³/mol. The van der Waals surface area contributed by atoms with Crippen LogP contribution >= 0.6 is 0 Å². The average molecular weight is 327 g/mol. The molecule has 3 rings (SSSR count). The Morgan fingerprint density at radius 3 is 2.54 bits per heavy atom. The SMILES string of the molecule is CCc1cnc(OC2CCN(Cc3cccc(OC)c3)CC2)nc1. The Hall–Kier alpha value is -2.14. The van der Waals surface area contributed by atoms with Crippen LogP contribution in [0.5, 0.6) is 11.8 Å². The second-order valence-electron chi connectivity index (χ2n) is 6.17. The van der Waals surface area contributed by atoms with Crippen LogP contribution in [0.2, 0.25) is 0 Å². The molecular weight excluding hydrogens is 302 g/mol. The molecule has 5 heteroatoms. The van der Waals surface area contributed by atoms with E-state index in [1.54, 1.807) is 7.11 Å². The van der Waals surface area contributed by atoms with E-state index in [2.05, 4.69) is 33.9 Å². The number of benzene rings is 1. The largest absolute Gasteiger partial charge is 0.497 e. The van der Waals surface area contributed by atoms with E-state index < -0.39 is 0 Å². The minimum atomic E-state index is 0.207. The van der Waals surface area contributed by atoms with Crippen LogP contribution in [0, 0.1) is 0 Å². The lowest BCUT2D eigenvalue weighted by molar-refractivity contribution is 0.0891. The Bertz CT molecular complexity index is 637. The maximum Gasteiger partial charge on any atom is 0.316 e. The Morgan fingerprint density at radius 1 is 1.12 bits per heavy atom. The molecule has 1 aromatic heterocycles. The zero-order valence-corrected chi connectivity index (χ0v) is 14.4. The molecule has 0 amide bonds. The van der Waals surface area contributed by atoms with Crippen LogP contribution in [0.4, 0.5) is 0 Å². The molecule has 0 atom stereocenters. The Morgan fingerprint density at radius 2 is 1.88 bits per heavy atom. The number of nitrogens with zero attached hydrogens (tertiary/aromatic N) is 3. The van der Waals surface area contributed by atoms with Gasteiger partial charge in [0.1, 0.15) is 11.9 Å². The summed E-state index contributed by atoms with van der Waals surface area (Å²) in [5.74, 6) is 0.915. The molecule has 1 aromatic carbocycles. The van der Waals surface area contributed by atoms with Crippen molar-refractivity contribution >= 4 is 0 Å². The van der Waals surface area contributed by atoms with Crippen LogP contribution in [0.25, 0.3) is 0 Å². The molecule has 1 aliphatic rings. The fourth-order valence-corrected chi connectivity index (χ4v) is 2.95. The van der Waals surface area contributed by atoms with E-state index in [-0.39, 0.29) is 6.10 Å². The molecule has 1 aliphatic heterocycles. The van der Waals surface area contributed by atoms with Crippen LogP contribution in [0.3, 0.4) is 0 Å². The van der Waals surface area contributed by atoms with Crippen LogP contribution < -0.4 is 9.47 Å². The first kappa shape index (κ1) is 16.7. The molecule has 128 valence electrons. The topological polar surface area (TPSA) is 47.5 Å². The van der Waals surface area contributed by atoms with Crippen molar-refractivity contribution in [2.75, 3.05) is 20.2 Å². The van der Waals surface area contributed by atoms with E-state index >= 15 is 0 Å². The molecule has 0 radical (unpaired) electrons. The molecule has 0 aliphatic carbocycles. The van der Waals surface area contributed by atoms with E-state index in [0.717, 1.165) is 50.2 Å². The Balaban J connectivity index is 1.48. The maximum atomic E-state index is 5.92. The number of likely N-dealkylation sites (tertiary alicyclic amines) is 1. The summed E-state index contributed by atoms with van der Waals surface area (Å²) in [6.45, 7) is 5.09. The molecule has 0 bridgehead atoms. The van der Waals surface area contributed by atoms with Crippen molar-refractivity contribution in [3.8, 4) is 11.8 Å². The minimum absolute atomic E-state index is 0.207. The monoisotopic (exact) mass is 327 g/mol. The summed E-state index contributed by atoms with van der Waals surface area (Å²) in [5, 5.41) is 0. The maximum absolute atomic E-state index is 5.92. The van der Waals surface area contributed by atoms with Gasteiger partial charge in [0.05, 0.1) is 7.11 Å². The van der Waals surface area contributed by atoms with E-state index in [4.69, 9.17) is 9.47 Å². The summed E-state index contributed by atoms with van der Waals surface area (Å²) < 4.78 is 11.2. The highest BCUT2D eigenvalue weighted by Crippen LogP contribution is 2.19. The van der Waals surface area contributed by atoms with Gasteiger partial charge in [0, 0.05) is 32.0 Å². The number of aryl methyl sites for hydroxylation is 1. The quantitative estimate of drug-likeness (QED) is 0.816. The second-order valence-corrected chi connectivity index (χ2v) is 6.17. The Kier molecular flexibility index (Phi) is 5.64. The van der Waals surface area contributed by atoms with Crippen molar-refractivity contribution in [2.45, 2.75) is 38.8 Å². The van der Waals surface area contributed by atoms with Gasteiger partial charge in [-0.1, -0.05) is 19.1 Å². The van der Waals surface area contributed by atoms with Gasteiger partial charge in [-0.05, 0) is 42.5 Å². The number of rotatable bonds is 6. The lowest BCUT2D eigenvalue weighted by Gasteiger charge is -2.31. The van der Waals surface area contributed by atoms with Gasteiger partial charge in [0.2, 0.25) is 0 Å². The van der Waals surface area contributed by atoms with E-state index in [1.165, 1.54) is 5.56 Å². The minimum Gasteiger partial charge on any atom is -0.497 e. The highest BCUT2D eigenvalue weighted by Gasteiger charge is 2.21. The van der Waals surface area contributed by atoms with Crippen molar-refractivity contribution in [1.82, 2.24) is 14.9 Å². The average Bonchev–Trinajstić information content (AvgIpc) is 2.64. The van der Waals surface area contributed by atoms with Crippen LogP contribution in [0.15, 0.2) is 36.7 Å². The van der Waals surface area contributed by atoms with Gasteiger partial charge in [-0.15, -0.1) is 0 Å². The van der Waals surface area contributed by atoms with Crippen molar-refractivity contribution in [3.05, 3.63) is 47.8 Å². The van der Waals surface area contributed by atoms with Gasteiger partial charge in [-0.25, -0.2) is 9.97 Å². The molecule has 0 N–H and O–H groups in total. The lowest BCUT2D eigenvalue weighted by Crippen LogP contribution is -2.38. The zero-order valence-electron chi connectivity index (χ0n) is 14.4. The molecule has 5 nitrogen and oxygen atoms in total. The number of ether oxygens (including phenoxy) is 2. The molecule has 2 heterocycles. The van der Waals surface area contributed by atoms with Crippen molar-refractivity contribution in [2.24, 2.45) is 0 Å². The van der Waals surface area contributed by atoms with Gasteiger partial charge in [0.25, 0.3) is 0 Å². The number of aromatic nitrogens is 2. The van der Waals surface area contributed by atoms with E-state index in [1.807, 2.05) is 24.5 Å². The first-order valence-corrected chi connectivity index (χ1v) is 8.59. The third-order valence-corrected chi connectivity index (χ3v) is 4.44. The predicted octanol–water partition coefficient (Wildman–Crippen LogP) is 3.09. The number of piperidine rings is 1. The lowest BCUT2D eigenvalue weighted by atomic mass is 10.1. The molecule has 24 heavy (non-hydrogen) atoms. The zero-order chi connectivity index (χ0) is 16.8.